The maximum atomic E-state index is 6.22. The number of nitrogens with zero attached hydrogens (tertiary/aromatic N) is 2. The molecule has 4 rings (SSSR count). The molecule has 5 heteroatoms. The van der Waals surface area contributed by atoms with Crippen molar-refractivity contribution in [3.8, 4) is 11.3 Å². The summed E-state index contributed by atoms with van der Waals surface area (Å²) in [4.78, 5) is 4.14. The van der Waals surface area contributed by atoms with Crippen molar-refractivity contribution >= 4 is 34.0 Å². The third kappa shape index (κ3) is 4.32. The van der Waals surface area contributed by atoms with Gasteiger partial charge in [0.2, 0.25) is 0 Å². The molecular weight excluding hydrogens is 379 g/mol. The van der Waals surface area contributed by atoms with Gasteiger partial charge in [0, 0.05) is 45.9 Å². The molecular formula is C22H18Cl2N2O. The molecule has 0 aliphatic carbocycles. The number of hydrogen-bond donors (Lipinski definition) is 0. The lowest BCUT2D eigenvalue weighted by Gasteiger charge is -2.04. The molecule has 0 bridgehead atoms. The van der Waals surface area contributed by atoms with E-state index in [1.54, 1.807) is 12.3 Å². The summed E-state index contributed by atoms with van der Waals surface area (Å²) >= 11 is 12.2. The van der Waals surface area contributed by atoms with Gasteiger partial charge in [-0.2, -0.15) is 0 Å². The van der Waals surface area contributed by atoms with E-state index in [9.17, 15) is 0 Å². The molecule has 0 radical (unpaired) electrons. The Labute approximate surface area is 167 Å². The maximum absolute atomic E-state index is 6.22. The molecule has 0 saturated carbocycles. The molecule has 136 valence electrons. The standard InChI is InChI=1S/C22H18Cl2N2O/c23-19-8-7-15(21(24)12-19)3-1-2-4-20-13-22(26-27-20)17-5-6-18-14-25-10-9-16(18)11-17/h5-14H,1-4H2. The molecule has 0 aliphatic rings. The number of unbranched alkanes of at least 4 members (excludes halogenated alkanes) is 1. The highest BCUT2D eigenvalue weighted by molar-refractivity contribution is 6.35. The van der Waals surface area contributed by atoms with Gasteiger partial charge < -0.3 is 4.52 Å². The summed E-state index contributed by atoms with van der Waals surface area (Å²) < 4.78 is 5.52. The lowest BCUT2D eigenvalue weighted by molar-refractivity contribution is 0.381. The van der Waals surface area contributed by atoms with Gasteiger partial charge in [0.25, 0.3) is 0 Å². The van der Waals surface area contributed by atoms with Crippen LogP contribution in [-0.4, -0.2) is 10.1 Å². The molecule has 27 heavy (non-hydrogen) atoms. The van der Waals surface area contributed by atoms with Crippen LogP contribution < -0.4 is 0 Å². The van der Waals surface area contributed by atoms with Gasteiger partial charge in [-0.1, -0.05) is 46.6 Å². The zero-order valence-electron chi connectivity index (χ0n) is 14.7. The average Bonchev–Trinajstić information content (AvgIpc) is 3.15. The molecule has 4 aromatic rings. The van der Waals surface area contributed by atoms with E-state index in [0.29, 0.717) is 5.02 Å². The highest BCUT2D eigenvalue weighted by Gasteiger charge is 2.08. The van der Waals surface area contributed by atoms with E-state index in [1.165, 1.54) is 0 Å². The van der Waals surface area contributed by atoms with E-state index in [1.807, 2.05) is 36.5 Å². The van der Waals surface area contributed by atoms with Crippen molar-refractivity contribution in [3.05, 3.63) is 82.3 Å². The second-order valence-electron chi connectivity index (χ2n) is 6.56. The van der Waals surface area contributed by atoms with Crippen molar-refractivity contribution < 1.29 is 4.52 Å². The van der Waals surface area contributed by atoms with E-state index in [-0.39, 0.29) is 0 Å². The topological polar surface area (TPSA) is 38.9 Å². The fraction of sp³-hybridized carbons (Fsp3) is 0.182. The van der Waals surface area contributed by atoms with Crippen molar-refractivity contribution in [1.29, 1.82) is 0 Å². The van der Waals surface area contributed by atoms with Crippen LogP contribution >= 0.6 is 23.2 Å². The van der Waals surface area contributed by atoms with Gasteiger partial charge in [-0.25, -0.2) is 0 Å². The van der Waals surface area contributed by atoms with Gasteiger partial charge in [0.1, 0.15) is 11.5 Å². The minimum Gasteiger partial charge on any atom is -0.361 e. The van der Waals surface area contributed by atoms with Crippen LogP contribution in [0.25, 0.3) is 22.0 Å². The summed E-state index contributed by atoms with van der Waals surface area (Å²) in [5.74, 6) is 0.905. The molecule has 0 aliphatic heterocycles. The molecule has 3 nitrogen and oxygen atoms in total. The van der Waals surface area contributed by atoms with Gasteiger partial charge in [-0.3, -0.25) is 4.98 Å². The Hall–Kier alpha value is -2.36. The normalized spacial score (nSPS) is 11.2. The number of halogens is 2. The first kappa shape index (κ1) is 18.0. The summed E-state index contributed by atoms with van der Waals surface area (Å²) in [6.45, 7) is 0. The van der Waals surface area contributed by atoms with Gasteiger partial charge in [0.15, 0.2) is 0 Å². The van der Waals surface area contributed by atoms with Crippen LogP contribution in [0.15, 0.2) is 65.4 Å². The highest BCUT2D eigenvalue weighted by Crippen LogP contribution is 2.25. The van der Waals surface area contributed by atoms with E-state index in [4.69, 9.17) is 27.7 Å². The number of hydrogen-bond acceptors (Lipinski definition) is 3. The monoisotopic (exact) mass is 396 g/mol. The predicted molar refractivity (Wildman–Crippen MR) is 110 cm³/mol. The molecule has 0 N–H and O–H groups in total. The smallest absolute Gasteiger partial charge is 0.137 e. The summed E-state index contributed by atoms with van der Waals surface area (Å²) in [6, 6.07) is 15.9. The Kier molecular flexibility index (Phi) is 5.42. The molecule has 2 heterocycles. The van der Waals surface area contributed by atoms with Crippen LogP contribution in [0.4, 0.5) is 0 Å². The number of benzene rings is 2. The molecule has 0 fully saturated rings. The highest BCUT2D eigenvalue weighted by atomic mass is 35.5. The van der Waals surface area contributed by atoms with Gasteiger partial charge in [-0.15, -0.1) is 0 Å². The Balaban J connectivity index is 1.36. The fourth-order valence-electron chi connectivity index (χ4n) is 3.15. The molecule has 2 aromatic heterocycles. The SMILES string of the molecule is Clc1ccc(CCCCc2cc(-c3ccc4cnccc4c3)no2)c(Cl)c1. The van der Waals surface area contributed by atoms with Crippen molar-refractivity contribution in [1.82, 2.24) is 10.1 Å². The minimum absolute atomic E-state index is 0.669. The first-order chi connectivity index (χ1) is 13.2. The van der Waals surface area contributed by atoms with Crippen molar-refractivity contribution in [2.75, 3.05) is 0 Å². The average molecular weight is 397 g/mol. The fourth-order valence-corrected chi connectivity index (χ4v) is 3.65. The van der Waals surface area contributed by atoms with Crippen LogP contribution in [0.3, 0.4) is 0 Å². The second kappa shape index (κ2) is 8.12. The molecule has 0 amide bonds. The van der Waals surface area contributed by atoms with Crippen LogP contribution in [0.1, 0.15) is 24.2 Å². The van der Waals surface area contributed by atoms with E-state index in [0.717, 1.165) is 64.1 Å². The zero-order valence-corrected chi connectivity index (χ0v) is 16.2. The lowest BCUT2D eigenvalue weighted by Crippen LogP contribution is -1.89. The maximum Gasteiger partial charge on any atom is 0.137 e. The van der Waals surface area contributed by atoms with Crippen molar-refractivity contribution in [2.24, 2.45) is 0 Å². The number of rotatable bonds is 6. The van der Waals surface area contributed by atoms with Crippen LogP contribution in [0, 0.1) is 0 Å². The first-order valence-electron chi connectivity index (χ1n) is 8.93. The largest absolute Gasteiger partial charge is 0.361 e. The second-order valence-corrected chi connectivity index (χ2v) is 7.40. The third-order valence-electron chi connectivity index (χ3n) is 4.63. The van der Waals surface area contributed by atoms with Crippen molar-refractivity contribution in [2.45, 2.75) is 25.7 Å². The van der Waals surface area contributed by atoms with Crippen LogP contribution in [0.2, 0.25) is 10.0 Å². The Bertz CT molecular complexity index is 1070. The summed E-state index contributed by atoms with van der Waals surface area (Å²) in [5.41, 5.74) is 3.05. The Morgan fingerprint density at radius 1 is 0.852 bits per heavy atom. The first-order valence-corrected chi connectivity index (χ1v) is 9.68. The number of aryl methyl sites for hydroxylation is 2. The quantitative estimate of drug-likeness (QED) is 0.337. The zero-order chi connectivity index (χ0) is 18.6. The van der Waals surface area contributed by atoms with Crippen LogP contribution in [-0.2, 0) is 12.8 Å². The van der Waals surface area contributed by atoms with Gasteiger partial charge in [0.05, 0.1) is 0 Å². The summed E-state index contributed by atoms with van der Waals surface area (Å²) in [6.07, 6.45) is 7.48. The number of pyridine rings is 1. The van der Waals surface area contributed by atoms with E-state index < -0.39 is 0 Å². The van der Waals surface area contributed by atoms with Crippen LogP contribution in [0.5, 0.6) is 0 Å². The molecule has 0 spiro atoms. The predicted octanol–water partition coefficient (Wildman–Crippen LogP) is 6.76. The lowest BCUT2D eigenvalue weighted by atomic mass is 10.0. The molecule has 2 aromatic carbocycles. The summed E-state index contributed by atoms with van der Waals surface area (Å²) in [7, 11) is 0. The molecule has 0 unspecified atom stereocenters. The number of fused-ring (bicyclic) bond motifs is 1. The minimum atomic E-state index is 0.669. The van der Waals surface area contributed by atoms with Crippen molar-refractivity contribution in [3.63, 3.8) is 0 Å². The third-order valence-corrected chi connectivity index (χ3v) is 5.22. The Morgan fingerprint density at radius 3 is 2.63 bits per heavy atom. The van der Waals surface area contributed by atoms with Gasteiger partial charge >= 0.3 is 0 Å². The summed E-state index contributed by atoms with van der Waals surface area (Å²) in [5, 5.41) is 7.89. The molecule has 0 saturated heterocycles. The van der Waals surface area contributed by atoms with E-state index >= 15 is 0 Å². The van der Waals surface area contributed by atoms with E-state index in [2.05, 4.69) is 22.3 Å². The van der Waals surface area contributed by atoms with Gasteiger partial charge in [-0.05, 0) is 54.5 Å². The Morgan fingerprint density at radius 2 is 1.74 bits per heavy atom. The number of aromatic nitrogens is 2. The molecule has 0 atom stereocenters.